The van der Waals surface area contributed by atoms with Crippen LogP contribution in [-0.4, -0.2) is 30.3 Å². The molecule has 3 N–H and O–H groups in total. The van der Waals surface area contributed by atoms with Gasteiger partial charge in [-0.3, -0.25) is 0 Å². The standard InChI is InChI=1S/C14H18N2O4/c1-20-11-6-2-9(3-7-11)8-15-14(19)16-12(13(17)18)10-4-5-10/h2-3,6-7,10,12H,4-5,8H2,1H3,(H,17,18)(H2,15,16,19). The Morgan fingerprint density at radius 2 is 2.00 bits per heavy atom. The highest BCUT2D eigenvalue weighted by Crippen LogP contribution is 2.32. The van der Waals surface area contributed by atoms with Crippen molar-refractivity contribution in [3.8, 4) is 5.75 Å². The zero-order valence-corrected chi connectivity index (χ0v) is 11.3. The molecule has 2 amide bonds. The molecule has 0 radical (unpaired) electrons. The van der Waals surface area contributed by atoms with Crippen molar-refractivity contribution in [3.05, 3.63) is 29.8 Å². The lowest BCUT2D eigenvalue weighted by atomic mass is 10.2. The fourth-order valence-corrected chi connectivity index (χ4v) is 1.93. The van der Waals surface area contributed by atoms with E-state index in [4.69, 9.17) is 9.84 Å². The number of hydrogen-bond acceptors (Lipinski definition) is 3. The first-order valence-electron chi connectivity index (χ1n) is 6.50. The Morgan fingerprint density at radius 3 is 2.50 bits per heavy atom. The lowest BCUT2D eigenvalue weighted by Gasteiger charge is -2.14. The van der Waals surface area contributed by atoms with Crippen molar-refractivity contribution < 1.29 is 19.4 Å². The summed E-state index contributed by atoms with van der Waals surface area (Å²) in [6.45, 7) is 0.340. The molecule has 1 saturated carbocycles. The van der Waals surface area contributed by atoms with E-state index in [2.05, 4.69) is 10.6 Å². The van der Waals surface area contributed by atoms with Crippen LogP contribution in [0, 0.1) is 5.92 Å². The number of carbonyl (C=O) groups excluding carboxylic acids is 1. The van der Waals surface area contributed by atoms with Crippen LogP contribution in [0.5, 0.6) is 5.75 Å². The molecule has 20 heavy (non-hydrogen) atoms. The number of aliphatic carboxylic acids is 1. The maximum absolute atomic E-state index is 11.7. The van der Waals surface area contributed by atoms with Gasteiger partial charge in [0.15, 0.2) is 0 Å². The van der Waals surface area contributed by atoms with E-state index < -0.39 is 18.0 Å². The summed E-state index contributed by atoms with van der Waals surface area (Å²) in [5.74, 6) is -0.163. The van der Waals surface area contributed by atoms with Crippen LogP contribution < -0.4 is 15.4 Å². The summed E-state index contributed by atoms with van der Waals surface area (Å²) in [4.78, 5) is 22.7. The molecule has 0 spiro atoms. The van der Waals surface area contributed by atoms with E-state index in [9.17, 15) is 9.59 Å². The predicted octanol–water partition coefficient (Wildman–Crippen LogP) is 1.36. The molecule has 0 aliphatic heterocycles. The van der Waals surface area contributed by atoms with Crippen LogP contribution in [0.15, 0.2) is 24.3 Å². The van der Waals surface area contributed by atoms with Gasteiger partial charge in [-0.2, -0.15) is 0 Å². The number of amides is 2. The smallest absolute Gasteiger partial charge is 0.326 e. The van der Waals surface area contributed by atoms with Crippen LogP contribution >= 0.6 is 0 Å². The molecule has 1 aliphatic rings. The van der Waals surface area contributed by atoms with Gasteiger partial charge in [-0.05, 0) is 36.5 Å². The Bertz CT molecular complexity index is 482. The summed E-state index contributed by atoms with van der Waals surface area (Å²) in [5.41, 5.74) is 0.916. The summed E-state index contributed by atoms with van der Waals surface area (Å²) in [6, 6.07) is 6.05. The predicted molar refractivity (Wildman–Crippen MR) is 72.5 cm³/mol. The van der Waals surface area contributed by atoms with Gasteiger partial charge in [0.2, 0.25) is 0 Å². The van der Waals surface area contributed by atoms with Crippen molar-refractivity contribution in [2.45, 2.75) is 25.4 Å². The highest BCUT2D eigenvalue weighted by atomic mass is 16.5. The second kappa shape index (κ2) is 6.27. The minimum atomic E-state index is -0.980. The summed E-state index contributed by atoms with van der Waals surface area (Å²) in [7, 11) is 1.59. The molecule has 1 aliphatic carbocycles. The van der Waals surface area contributed by atoms with Gasteiger partial charge < -0.3 is 20.5 Å². The maximum atomic E-state index is 11.7. The van der Waals surface area contributed by atoms with Gasteiger partial charge in [0, 0.05) is 6.54 Å². The maximum Gasteiger partial charge on any atom is 0.326 e. The second-order valence-corrected chi connectivity index (χ2v) is 4.83. The van der Waals surface area contributed by atoms with E-state index in [0.29, 0.717) is 6.54 Å². The quantitative estimate of drug-likeness (QED) is 0.733. The van der Waals surface area contributed by atoms with Crippen LogP contribution in [0.3, 0.4) is 0 Å². The zero-order valence-electron chi connectivity index (χ0n) is 11.3. The molecule has 108 valence electrons. The van der Waals surface area contributed by atoms with Crippen molar-refractivity contribution >= 4 is 12.0 Å². The van der Waals surface area contributed by atoms with Gasteiger partial charge in [0.25, 0.3) is 0 Å². The van der Waals surface area contributed by atoms with Crippen molar-refractivity contribution in [1.29, 1.82) is 0 Å². The highest BCUT2D eigenvalue weighted by Gasteiger charge is 2.37. The van der Waals surface area contributed by atoms with Crippen molar-refractivity contribution in [2.24, 2.45) is 5.92 Å². The number of carboxylic acids is 1. The number of urea groups is 1. The van der Waals surface area contributed by atoms with Crippen LogP contribution in [0.25, 0.3) is 0 Å². The van der Waals surface area contributed by atoms with Crippen LogP contribution in [-0.2, 0) is 11.3 Å². The number of carboxylic acid groups (broad SMARTS) is 1. The van der Waals surface area contributed by atoms with E-state index in [1.54, 1.807) is 19.2 Å². The molecule has 0 bridgehead atoms. The number of ether oxygens (including phenoxy) is 1. The molecule has 1 aromatic carbocycles. The topological polar surface area (TPSA) is 87.7 Å². The minimum absolute atomic E-state index is 0.0687. The fraction of sp³-hybridized carbons (Fsp3) is 0.429. The summed E-state index contributed by atoms with van der Waals surface area (Å²) in [5, 5.41) is 14.2. The first-order valence-corrected chi connectivity index (χ1v) is 6.50. The van der Waals surface area contributed by atoms with E-state index in [0.717, 1.165) is 24.2 Å². The van der Waals surface area contributed by atoms with Gasteiger partial charge in [-0.15, -0.1) is 0 Å². The molecule has 6 nitrogen and oxygen atoms in total. The van der Waals surface area contributed by atoms with Gasteiger partial charge in [-0.1, -0.05) is 12.1 Å². The number of nitrogens with one attached hydrogen (secondary N) is 2. The summed E-state index contributed by atoms with van der Waals surface area (Å²) < 4.78 is 5.04. The molecule has 6 heteroatoms. The number of methoxy groups -OCH3 is 1. The number of rotatable bonds is 6. The molecule has 2 rings (SSSR count). The molecule has 1 unspecified atom stereocenters. The Labute approximate surface area is 117 Å². The molecule has 0 heterocycles. The highest BCUT2D eigenvalue weighted by molar-refractivity contribution is 5.83. The number of carbonyl (C=O) groups is 2. The second-order valence-electron chi connectivity index (χ2n) is 4.83. The van der Waals surface area contributed by atoms with Crippen molar-refractivity contribution in [1.82, 2.24) is 10.6 Å². The largest absolute Gasteiger partial charge is 0.497 e. The molecular formula is C14H18N2O4. The lowest BCUT2D eigenvalue weighted by molar-refractivity contribution is -0.139. The monoisotopic (exact) mass is 278 g/mol. The molecule has 1 fully saturated rings. The zero-order chi connectivity index (χ0) is 14.5. The van der Waals surface area contributed by atoms with Gasteiger partial charge >= 0.3 is 12.0 Å². The normalized spacial score (nSPS) is 15.2. The lowest BCUT2D eigenvalue weighted by Crippen LogP contribution is -2.46. The molecule has 0 aromatic heterocycles. The average Bonchev–Trinajstić information content (AvgIpc) is 3.27. The molecule has 1 atom stereocenters. The van der Waals surface area contributed by atoms with E-state index >= 15 is 0 Å². The van der Waals surface area contributed by atoms with Crippen molar-refractivity contribution in [3.63, 3.8) is 0 Å². The number of hydrogen-bond donors (Lipinski definition) is 3. The molecule has 1 aromatic rings. The van der Waals surface area contributed by atoms with E-state index in [1.165, 1.54) is 0 Å². The third-order valence-corrected chi connectivity index (χ3v) is 3.26. The van der Waals surface area contributed by atoms with Gasteiger partial charge in [0.1, 0.15) is 11.8 Å². The summed E-state index contributed by atoms with van der Waals surface area (Å²) in [6.07, 6.45) is 1.71. The average molecular weight is 278 g/mol. The third kappa shape index (κ3) is 3.88. The van der Waals surface area contributed by atoms with E-state index in [-0.39, 0.29) is 5.92 Å². The molecule has 0 saturated heterocycles. The molecular weight excluding hydrogens is 260 g/mol. The number of benzene rings is 1. The fourth-order valence-electron chi connectivity index (χ4n) is 1.93. The van der Waals surface area contributed by atoms with Crippen LogP contribution in [0.2, 0.25) is 0 Å². The minimum Gasteiger partial charge on any atom is -0.497 e. The Kier molecular flexibility index (Phi) is 4.45. The van der Waals surface area contributed by atoms with Gasteiger partial charge in [0.05, 0.1) is 7.11 Å². The van der Waals surface area contributed by atoms with E-state index in [1.807, 2.05) is 12.1 Å². The Morgan fingerprint density at radius 1 is 1.35 bits per heavy atom. The third-order valence-electron chi connectivity index (χ3n) is 3.26. The summed E-state index contributed by atoms with van der Waals surface area (Å²) >= 11 is 0. The first-order chi connectivity index (χ1) is 9.60. The first kappa shape index (κ1) is 14.2. The van der Waals surface area contributed by atoms with Gasteiger partial charge in [-0.25, -0.2) is 9.59 Å². The SMILES string of the molecule is COc1ccc(CNC(=O)NC(C(=O)O)C2CC2)cc1. The Hall–Kier alpha value is -2.24. The van der Waals surface area contributed by atoms with Crippen LogP contribution in [0.4, 0.5) is 4.79 Å². The Balaban J connectivity index is 1.80. The van der Waals surface area contributed by atoms with Crippen LogP contribution in [0.1, 0.15) is 18.4 Å². The van der Waals surface area contributed by atoms with Crippen molar-refractivity contribution in [2.75, 3.05) is 7.11 Å².